The molecule has 6 rings (SSSR count). The molecule has 3 amide bonds. The Balaban J connectivity index is 1.33. The van der Waals surface area contributed by atoms with Gasteiger partial charge in [0.05, 0.1) is 42.1 Å². The average Bonchev–Trinajstić information content (AvgIpc) is 3.87. The maximum Gasteiger partial charge on any atom is 0.306 e. The van der Waals surface area contributed by atoms with E-state index in [9.17, 15) is 24.3 Å². The van der Waals surface area contributed by atoms with E-state index < -0.39 is 65.4 Å². The molecule has 1 spiro atoms. The molecular weight excluding hydrogens is 720 g/mol. The van der Waals surface area contributed by atoms with Crippen LogP contribution in [0.3, 0.4) is 0 Å². The fourth-order valence-corrected chi connectivity index (χ4v) is 8.77. The number of likely N-dealkylation sites (tertiary alicyclic amines) is 1. The van der Waals surface area contributed by atoms with Crippen LogP contribution in [0.15, 0.2) is 79.9 Å². The van der Waals surface area contributed by atoms with E-state index in [1.54, 1.807) is 21.7 Å². The first-order chi connectivity index (χ1) is 24.7. The molecule has 3 aliphatic rings. The van der Waals surface area contributed by atoms with Gasteiger partial charge in [-0.2, -0.15) is 0 Å². The number of benzene rings is 2. The highest BCUT2D eigenvalue weighted by atomic mass is 79.9. The third-order valence-corrected chi connectivity index (χ3v) is 11.1. The normalized spacial score (nSPS) is 26.1. The van der Waals surface area contributed by atoms with Crippen molar-refractivity contribution >= 4 is 50.7 Å². The van der Waals surface area contributed by atoms with Crippen LogP contribution in [0.1, 0.15) is 44.2 Å². The average molecular weight is 764 g/mol. The molecule has 3 saturated heterocycles. The van der Waals surface area contributed by atoms with Crippen molar-refractivity contribution in [3.05, 3.63) is 85.5 Å². The van der Waals surface area contributed by atoms with E-state index in [0.29, 0.717) is 24.8 Å². The van der Waals surface area contributed by atoms with Gasteiger partial charge in [0, 0.05) is 17.8 Å². The summed E-state index contributed by atoms with van der Waals surface area (Å²) in [6.07, 6.45) is 3.80. The molecule has 0 aliphatic carbocycles. The topological polar surface area (TPSA) is 156 Å². The number of fused-ring (bicyclic) bond motifs is 2. The van der Waals surface area contributed by atoms with Gasteiger partial charge in [-0.3, -0.25) is 19.2 Å². The number of aliphatic hydroxyl groups excluding tert-OH is 1. The number of hydrogen-bond donors (Lipinski definition) is 2. The molecule has 270 valence electrons. The third-order valence-electron chi connectivity index (χ3n) is 10.2. The molecule has 8 atom stereocenters. The van der Waals surface area contributed by atoms with Gasteiger partial charge in [-0.05, 0) is 37.0 Å². The van der Waals surface area contributed by atoms with E-state index in [2.05, 4.69) is 44.7 Å². The highest BCUT2D eigenvalue weighted by Crippen LogP contribution is 2.60. The quantitative estimate of drug-likeness (QED) is 0.127. The SMILES string of the molecule is C=CCCC(=O)OC[C@@H](NC(=O)[C@H]1[C@@H]2O[C@@]3(CC2Br)[C@@H]1C(=O)N([C@@H](CC)CO)[C@@H]3C(=O)N(CC=C)Cn1nnc2ccccc21)c1ccccc1. The standard InChI is InChI=1S/C37H43BrN6O7/c1-4-7-17-29(46)50-21-27(23-13-9-8-10-14-23)39-34(47)30-31-35(48)44(24(6-3)20-45)33(37(31)19-25(38)32(30)51-37)36(49)42(18-5-2)22-43-28-16-12-11-15-26(28)40-41-43/h4-5,8-16,24-25,27,30-33,45H,1-2,6-7,17-22H2,3H3,(H,39,47)/t24-,25?,27+,30+,31-,32+,33+,37-/m0/s1. The lowest BCUT2D eigenvalue weighted by Gasteiger charge is -2.39. The Morgan fingerprint density at radius 2 is 1.92 bits per heavy atom. The van der Waals surface area contributed by atoms with Crippen LogP contribution in [0.25, 0.3) is 11.0 Å². The van der Waals surface area contributed by atoms with E-state index in [-0.39, 0.29) is 37.7 Å². The minimum Gasteiger partial charge on any atom is -0.463 e. The lowest BCUT2D eigenvalue weighted by atomic mass is 9.70. The van der Waals surface area contributed by atoms with Crippen LogP contribution < -0.4 is 5.32 Å². The third kappa shape index (κ3) is 6.72. The Morgan fingerprint density at radius 1 is 1.18 bits per heavy atom. The zero-order valence-electron chi connectivity index (χ0n) is 28.5. The molecule has 2 bridgehead atoms. The van der Waals surface area contributed by atoms with Crippen molar-refractivity contribution in [1.82, 2.24) is 30.1 Å². The predicted octanol–water partition coefficient (Wildman–Crippen LogP) is 3.29. The van der Waals surface area contributed by atoms with Gasteiger partial charge in [-0.15, -0.1) is 18.3 Å². The van der Waals surface area contributed by atoms with Gasteiger partial charge < -0.3 is 29.7 Å². The van der Waals surface area contributed by atoms with Gasteiger partial charge in [0.1, 0.15) is 30.4 Å². The zero-order chi connectivity index (χ0) is 36.3. The largest absolute Gasteiger partial charge is 0.463 e. The number of carbonyl (C=O) groups is 4. The van der Waals surface area contributed by atoms with Gasteiger partial charge in [0.15, 0.2) is 0 Å². The first-order valence-corrected chi connectivity index (χ1v) is 18.1. The maximum atomic E-state index is 14.9. The summed E-state index contributed by atoms with van der Waals surface area (Å²) in [7, 11) is 0. The molecule has 4 heterocycles. The molecule has 51 heavy (non-hydrogen) atoms. The zero-order valence-corrected chi connectivity index (χ0v) is 30.1. The summed E-state index contributed by atoms with van der Waals surface area (Å²) >= 11 is 3.73. The fraction of sp³-hybridized carbons (Fsp3) is 0.459. The van der Waals surface area contributed by atoms with Gasteiger partial charge in [0.2, 0.25) is 17.7 Å². The number of esters is 1. The van der Waals surface area contributed by atoms with Crippen molar-refractivity contribution in [2.24, 2.45) is 11.8 Å². The van der Waals surface area contributed by atoms with Gasteiger partial charge in [0.25, 0.3) is 0 Å². The van der Waals surface area contributed by atoms with Crippen molar-refractivity contribution < 1.29 is 33.8 Å². The lowest BCUT2D eigenvalue weighted by Crippen LogP contribution is -2.59. The molecule has 3 aromatic rings. The molecular formula is C37H43BrN6O7. The molecule has 0 saturated carbocycles. The van der Waals surface area contributed by atoms with Crippen molar-refractivity contribution in [3.8, 4) is 0 Å². The number of rotatable bonds is 16. The number of para-hydroxylation sites is 1. The summed E-state index contributed by atoms with van der Waals surface area (Å²) in [5.41, 5.74) is 0.753. The molecule has 14 heteroatoms. The van der Waals surface area contributed by atoms with Gasteiger partial charge in [-0.25, -0.2) is 4.68 Å². The van der Waals surface area contributed by atoms with Crippen molar-refractivity contribution in [1.29, 1.82) is 0 Å². The van der Waals surface area contributed by atoms with Crippen LogP contribution in [-0.4, -0.2) is 102 Å². The van der Waals surface area contributed by atoms with E-state index in [0.717, 1.165) is 11.1 Å². The second-order valence-corrected chi connectivity index (χ2v) is 14.4. The van der Waals surface area contributed by atoms with Crippen LogP contribution >= 0.6 is 15.9 Å². The van der Waals surface area contributed by atoms with Crippen LogP contribution in [0.5, 0.6) is 0 Å². The van der Waals surface area contributed by atoms with E-state index in [1.165, 1.54) is 4.90 Å². The van der Waals surface area contributed by atoms with E-state index in [4.69, 9.17) is 9.47 Å². The summed E-state index contributed by atoms with van der Waals surface area (Å²) in [4.78, 5) is 59.0. The number of nitrogens with zero attached hydrogens (tertiary/aromatic N) is 5. The van der Waals surface area contributed by atoms with Crippen molar-refractivity contribution in [2.45, 2.75) is 73.9 Å². The molecule has 2 aromatic carbocycles. The summed E-state index contributed by atoms with van der Waals surface area (Å²) in [5.74, 6) is -3.69. The molecule has 1 unspecified atom stereocenters. The molecule has 1 aromatic heterocycles. The van der Waals surface area contributed by atoms with Gasteiger partial charge in [-0.1, -0.05) is 82.7 Å². The second-order valence-electron chi connectivity index (χ2n) is 13.2. The number of hydrogen-bond acceptors (Lipinski definition) is 9. The smallest absolute Gasteiger partial charge is 0.306 e. The second kappa shape index (κ2) is 15.5. The number of alkyl halides is 1. The van der Waals surface area contributed by atoms with Crippen LogP contribution in [-0.2, 0) is 35.3 Å². The summed E-state index contributed by atoms with van der Waals surface area (Å²) in [6.45, 7) is 9.01. The Morgan fingerprint density at radius 3 is 2.63 bits per heavy atom. The number of amides is 3. The minimum atomic E-state index is -1.36. The number of carbonyl (C=O) groups excluding carboxylic acids is 4. The number of nitrogens with one attached hydrogen (secondary N) is 1. The Bertz CT molecular complexity index is 1780. The number of aliphatic hydroxyl groups is 1. The highest BCUT2D eigenvalue weighted by molar-refractivity contribution is 9.09. The molecule has 0 radical (unpaired) electrons. The number of ether oxygens (including phenoxy) is 2. The van der Waals surface area contributed by atoms with Gasteiger partial charge >= 0.3 is 5.97 Å². The van der Waals surface area contributed by atoms with Crippen molar-refractivity contribution in [3.63, 3.8) is 0 Å². The number of allylic oxidation sites excluding steroid dienone is 1. The first kappa shape index (κ1) is 36.4. The fourth-order valence-electron chi connectivity index (χ4n) is 7.83. The van der Waals surface area contributed by atoms with E-state index in [1.807, 2.05) is 61.5 Å². The highest BCUT2D eigenvalue weighted by Gasteiger charge is 2.77. The summed E-state index contributed by atoms with van der Waals surface area (Å²) in [5, 5.41) is 22.0. The maximum absolute atomic E-state index is 14.9. The summed E-state index contributed by atoms with van der Waals surface area (Å²) < 4.78 is 13.9. The Labute approximate surface area is 304 Å². The molecule has 13 nitrogen and oxygen atoms in total. The minimum absolute atomic E-state index is 0.0237. The first-order valence-electron chi connectivity index (χ1n) is 17.2. The molecule has 2 N–H and O–H groups in total. The summed E-state index contributed by atoms with van der Waals surface area (Å²) in [6, 6.07) is 14.0. The number of halogens is 1. The van der Waals surface area contributed by atoms with Crippen LogP contribution in [0.4, 0.5) is 0 Å². The van der Waals surface area contributed by atoms with Crippen LogP contribution in [0, 0.1) is 11.8 Å². The van der Waals surface area contributed by atoms with Crippen LogP contribution in [0.2, 0.25) is 0 Å². The monoisotopic (exact) mass is 762 g/mol. The Hall–Kier alpha value is -4.40. The van der Waals surface area contributed by atoms with Crippen molar-refractivity contribution in [2.75, 3.05) is 19.8 Å². The van der Waals surface area contributed by atoms with E-state index >= 15 is 0 Å². The lowest BCUT2D eigenvalue weighted by molar-refractivity contribution is -0.152. The molecule has 3 fully saturated rings. The Kier molecular flexibility index (Phi) is 11.0. The molecule has 3 aliphatic heterocycles. The number of aromatic nitrogens is 3. The predicted molar refractivity (Wildman–Crippen MR) is 191 cm³/mol.